The number of benzene rings is 1. The van der Waals surface area contributed by atoms with Gasteiger partial charge in [0.25, 0.3) is 0 Å². The van der Waals surface area contributed by atoms with Crippen LogP contribution in [0.4, 0.5) is 0 Å². The van der Waals surface area contributed by atoms with Crippen molar-refractivity contribution in [2.75, 3.05) is 0 Å². The number of hydrogen-bond donors (Lipinski definition) is 1. The van der Waals surface area contributed by atoms with Gasteiger partial charge < -0.3 is 5.32 Å². The molecular formula is C19H21N3OS. The molecule has 0 bridgehead atoms. The van der Waals surface area contributed by atoms with Crippen LogP contribution < -0.4 is 5.32 Å². The number of amides is 1. The third-order valence-electron chi connectivity index (χ3n) is 3.73. The molecule has 4 nitrogen and oxygen atoms in total. The van der Waals surface area contributed by atoms with E-state index in [0.717, 1.165) is 27.2 Å². The molecule has 1 aromatic carbocycles. The summed E-state index contributed by atoms with van der Waals surface area (Å²) >= 11 is 1.61. The smallest absolute Gasteiger partial charge is 0.226 e. The highest BCUT2D eigenvalue weighted by Crippen LogP contribution is 2.25. The maximum Gasteiger partial charge on any atom is 0.226 e. The van der Waals surface area contributed by atoms with Crippen molar-refractivity contribution in [1.29, 1.82) is 0 Å². The molecule has 1 amide bonds. The van der Waals surface area contributed by atoms with Crippen molar-refractivity contribution in [3.05, 3.63) is 58.2 Å². The van der Waals surface area contributed by atoms with Gasteiger partial charge in [0.2, 0.25) is 5.91 Å². The molecule has 0 atom stereocenters. The molecule has 1 N–H and O–H groups in total. The average Bonchev–Trinajstić information content (AvgIpc) is 3.01. The fourth-order valence-corrected chi connectivity index (χ4v) is 3.37. The first-order chi connectivity index (χ1) is 11.4. The van der Waals surface area contributed by atoms with Crippen LogP contribution in [-0.2, 0) is 23.2 Å². The second-order valence-corrected chi connectivity index (χ2v) is 7.70. The van der Waals surface area contributed by atoms with Crippen LogP contribution in [0.3, 0.4) is 0 Å². The second-order valence-electron chi connectivity index (χ2n) is 6.84. The van der Waals surface area contributed by atoms with Crippen LogP contribution >= 0.6 is 11.3 Å². The zero-order chi connectivity index (χ0) is 17.2. The Hall–Kier alpha value is -2.27. The molecule has 0 aliphatic carbocycles. The highest BCUT2D eigenvalue weighted by atomic mass is 32.1. The maximum absolute atomic E-state index is 12.2. The first-order valence-electron chi connectivity index (χ1n) is 7.98. The minimum atomic E-state index is -0.0197. The van der Waals surface area contributed by atoms with E-state index in [9.17, 15) is 4.79 Å². The van der Waals surface area contributed by atoms with E-state index in [1.165, 1.54) is 0 Å². The topological polar surface area (TPSA) is 54.9 Å². The number of para-hydroxylation sites is 1. The average molecular weight is 339 g/mol. The summed E-state index contributed by atoms with van der Waals surface area (Å²) in [6.45, 7) is 6.86. The van der Waals surface area contributed by atoms with Crippen molar-refractivity contribution in [3.8, 4) is 0 Å². The Balaban J connectivity index is 1.64. The number of fused-ring (bicyclic) bond motifs is 1. The molecule has 0 unspecified atom stereocenters. The third-order valence-corrected chi connectivity index (χ3v) is 5.04. The first kappa shape index (κ1) is 16.6. The minimum absolute atomic E-state index is 0.0197. The molecule has 3 rings (SSSR count). The number of nitrogens with zero attached hydrogens (tertiary/aromatic N) is 2. The summed E-state index contributed by atoms with van der Waals surface area (Å²) in [6, 6.07) is 9.95. The monoisotopic (exact) mass is 339 g/mol. The second kappa shape index (κ2) is 6.69. The highest BCUT2D eigenvalue weighted by Gasteiger charge is 2.18. The van der Waals surface area contributed by atoms with Gasteiger partial charge in [-0.15, -0.1) is 11.3 Å². The summed E-state index contributed by atoms with van der Waals surface area (Å²) in [7, 11) is 0. The molecule has 5 heteroatoms. The molecule has 0 aliphatic heterocycles. The number of rotatable bonds is 4. The molecule has 24 heavy (non-hydrogen) atoms. The van der Waals surface area contributed by atoms with Crippen LogP contribution in [0.25, 0.3) is 10.9 Å². The molecule has 0 aliphatic rings. The van der Waals surface area contributed by atoms with Crippen molar-refractivity contribution in [2.45, 2.75) is 39.2 Å². The van der Waals surface area contributed by atoms with Crippen molar-refractivity contribution < 1.29 is 4.79 Å². The van der Waals surface area contributed by atoms with Gasteiger partial charge in [-0.05, 0) is 11.6 Å². The van der Waals surface area contributed by atoms with Crippen LogP contribution in [0.1, 0.15) is 37.0 Å². The van der Waals surface area contributed by atoms with E-state index in [0.29, 0.717) is 13.0 Å². The molecule has 0 fully saturated rings. The Morgan fingerprint density at radius 1 is 1.21 bits per heavy atom. The number of aromatic nitrogens is 2. The summed E-state index contributed by atoms with van der Waals surface area (Å²) in [6.07, 6.45) is 2.09. The number of carbonyl (C=O) groups excluding carboxylic acids is 1. The van der Waals surface area contributed by atoms with Gasteiger partial charge in [-0.2, -0.15) is 0 Å². The summed E-state index contributed by atoms with van der Waals surface area (Å²) in [4.78, 5) is 21.2. The van der Waals surface area contributed by atoms with E-state index in [1.54, 1.807) is 17.5 Å². The molecule has 0 radical (unpaired) electrons. The van der Waals surface area contributed by atoms with Gasteiger partial charge in [0.05, 0.1) is 22.6 Å². The number of pyridine rings is 1. The lowest BCUT2D eigenvalue weighted by molar-refractivity contribution is -0.120. The normalized spacial score (nSPS) is 11.6. The van der Waals surface area contributed by atoms with Crippen LogP contribution in [0.2, 0.25) is 0 Å². The Bertz CT molecular complexity index is 859. The van der Waals surface area contributed by atoms with Crippen molar-refractivity contribution in [2.24, 2.45) is 0 Å². The molecular weight excluding hydrogens is 318 g/mol. The molecule has 2 heterocycles. The largest absolute Gasteiger partial charge is 0.352 e. The van der Waals surface area contributed by atoms with Gasteiger partial charge in [0.15, 0.2) is 0 Å². The van der Waals surface area contributed by atoms with Crippen LogP contribution in [-0.4, -0.2) is 15.9 Å². The Labute approximate surface area is 146 Å². The van der Waals surface area contributed by atoms with Gasteiger partial charge in [-0.25, -0.2) is 4.98 Å². The number of nitrogens with one attached hydrogen (secondary N) is 1. The fourth-order valence-electron chi connectivity index (χ4n) is 2.46. The molecule has 2 aromatic heterocycles. The predicted molar refractivity (Wildman–Crippen MR) is 98.1 cm³/mol. The Morgan fingerprint density at radius 2 is 2.00 bits per heavy atom. The third kappa shape index (κ3) is 3.79. The van der Waals surface area contributed by atoms with E-state index in [-0.39, 0.29) is 11.3 Å². The summed E-state index contributed by atoms with van der Waals surface area (Å²) in [5.74, 6) is -0.0197. The standard InChI is InChI=1S/C19H21N3OS/c1-19(2,3)18-22-15(12-24-18)10-16(23)21-11-14-7-4-6-13-8-5-9-20-17(13)14/h4-9,12H,10-11H2,1-3H3,(H,21,23). The van der Waals surface area contributed by atoms with Gasteiger partial charge in [0.1, 0.15) is 0 Å². The van der Waals surface area contributed by atoms with Gasteiger partial charge in [-0.1, -0.05) is 45.0 Å². The molecule has 3 aromatic rings. The van der Waals surface area contributed by atoms with E-state index in [4.69, 9.17) is 0 Å². The lowest BCUT2D eigenvalue weighted by Crippen LogP contribution is -2.25. The van der Waals surface area contributed by atoms with Crippen LogP contribution in [0.5, 0.6) is 0 Å². The molecule has 0 saturated heterocycles. The zero-order valence-electron chi connectivity index (χ0n) is 14.2. The number of thiazole rings is 1. The Morgan fingerprint density at radius 3 is 2.75 bits per heavy atom. The van der Waals surface area contributed by atoms with Gasteiger partial charge >= 0.3 is 0 Å². The minimum Gasteiger partial charge on any atom is -0.352 e. The van der Waals surface area contributed by atoms with E-state index in [1.807, 2.05) is 35.7 Å². The van der Waals surface area contributed by atoms with E-state index in [2.05, 4.69) is 36.1 Å². The zero-order valence-corrected chi connectivity index (χ0v) is 15.0. The van der Waals surface area contributed by atoms with Crippen molar-refractivity contribution in [3.63, 3.8) is 0 Å². The van der Waals surface area contributed by atoms with Gasteiger partial charge in [-0.3, -0.25) is 9.78 Å². The van der Waals surface area contributed by atoms with Crippen molar-refractivity contribution >= 4 is 28.1 Å². The van der Waals surface area contributed by atoms with Crippen LogP contribution in [0, 0.1) is 0 Å². The molecule has 124 valence electrons. The molecule has 0 saturated carbocycles. The first-order valence-corrected chi connectivity index (χ1v) is 8.85. The molecule has 0 spiro atoms. The fraction of sp³-hybridized carbons (Fsp3) is 0.316. The van der Waals surface area contributed by atoms with E-state index < -0.39 is 0 Å². The van der Waals surface area contributed by atoms with Crippen molar-refractivity contribution in [1.82, 2.24) is 15.3 Å². The lowest BCUT2D eigenvalue weighted by atomic mass is 9.98. The summed E-state index contributed by atoms with van der Waals surface area (Å²) in [5.41, 5.74) is 2.81. The van der Waals surface area contributed by atoms with E-state index >= 15 is 0 Å². The van der Waals surface area contributed by atoms with Crippen LogP contribution in [0.15, 0.2) is 41.9 Å². The predicted octanol–water partition coefficient (Wildman–Crippen LogP) is 3.85. The maximum atomic E-state index is 12.2. The number of hydrogen-bond acceptors (Lipinski definition) is 4. The SMILES string of the molecule is CC(C)(C)c1nc(CC(=O)NCc2cccc3cccnc23)cs1. The summed E-state index contributed by atoms with van der Waals surface area (Å²) < 4.78 is 0. The van der Waals surface area contributed by atoms with Gasteiger partial charge in [0, 0.05) is 28.9 Å². The lowest BCUT2D eigenvalue weighted by Gasteiger charge is -2.13. The Kier molecular flexibility index (Phi) is 4.62. The number of carbonyl (C=O) groups is 1. The highest BCUT2D eigenvalue weighted by molar-refractivity contribution is 7.09. The summed E-state index contributed by atoms with van der Waals surface area (Å²) in [5, 5.41) is 7.09. The quantitative estimate of drug-likeness (QED) is 0.785.